The number of hydrogen-bond donors (Lipinski definition) is 2. The van der Waals surface area contributed by atoms with Gasteiger partial charge in [-0.15, -0.1) is 0 Å². The SMILES string of the molecule is CN(CCO)C(=O)c1ccccc1NCc1ccco1. The quantitative estimate of drug-likeness (QED) is 0.845. The number of nitrogens with one attached hydrogen (secondary N) is 1. The summed E-state index contributed by atoms with van der Waals surface area (Å²) in [5, 5.41) is 12.1. The molecule has 0 unspecified atom stereocenters. The maximum Gasteiger partial charge on any atom is 0.255 e. The van der Waals surface area contributed by atoms with Crippen LogP contribution in [0.15, 0.2) is 47.1 Å². The number of aliphatic hydroxyl groups excluding tert-OH is 1. The number of para-hydroxylation sites is 1. The first-order chi connectivity index (χ1) is 9.72. The highest BCUT2D eigenvalue weighted by atomic mass is 16.3. The van der Waals surface area contributed by atoms with E-state index in [0.29, 0.717) is 18.7 Å². The van der Waals surface area contributed by atoms with Gasteiger partial charge in [0.1, 0.15) is 5.76 Å². The van der Waals surface area contributed by atoms with Crippen molar-refractivity contribution in [3.05, 3.63) is 54.0 Å². The molecule has 1 amide bonds. The summed E-state index contributed by atoms with van der Waals surface area (Å²) in [6.45, 7) is 0.774. The van der Waals surface area contributed by atoms with Crippen molar-refractivity contribution in [1.82, 2.24) is 4.90 Å². The molecule has 2 aromatic rings. The molecule has 1 heterocycles. The van der Waals surface area contributed by atoms with Crippen molar-refractivity contribution < 1.29 is 14.3 Å². The fraction of sp³-hybridized carbons (Fsp3) is 0.267. The zero-order chi connectivity index (χ0) is 14.4. The second-order valence-corrected chi connectivity index (χ2v) is 4.43. The molecule has 20 heavy (non-hydrogen) atoms. The van der Waals surface area contributed by atoms with Gasteiger partial charge in [0, 0.05) is 19.3 Å². The van der Waals surface area contributed by atoms with E-state index in [-0.39, 0.29) is 12.5 Å². The first-order valence-corrected chi connectivity index (χ1v) is 6.44. The normalized spacial score (nSPS) is 10.3. The molecule has 0 saturated carbocycles. The molecule has 106 valence electrons. The molecule has 5 nitrogen and oxygen atoms in total. The Morgan fingerprint density at radius 1 is 1.30 bits per heavy atom. The fourth-order valence-corrected chi connectivity index (χ4v) is 1.88. The van der Waals surface area contributed by atoms with Gasteiger partial charge in [-0.1, -0.05) is 12.1 Å². The van der Waals surface area contributed by atoms with Crippen LogP contribution in [0, 0.1) is 0 Å². The second-order valence-electron chi connectivity index (χ2n) is 4.43. The third-order valence-electron chi connectivity index (χ3n) is 2.97. The minimum atomic E-state index is -0.124. The van der Waals surface area contributed by atoms with E-state index in [9.17, 15) is 4.79 Å². The Labute approximate surface area is 117 Å². The highest BCUT2D eigenvalue weighted by Gasteiger charge is 2.14. The van der Waals surface area contributed by atoms with Gasteiger partial charge in [-0.05, 0) is 24.3 Å². The number of furan rings is 1. The van der Waals surface area contributed by atoms with Crippen molar-refractivity contribution in [3.8, 4) is 0 Å². The van der Waals surface area contributed by atoms with Crippen molar-refractivity contribution in [2.45, 2.75) is 6.54 Å². The van der Waals surface area contributed by atoms with Crippen molar-refractivity contribution in [1.29, 1.82) is 0 Å². The second kappa shape index (κ2) is 6.77. The first-order valence-electron chi connectivity index (χ1n) is 6.44. The van der Waals surface area contributed by atoms with Gasteiger partial charge in [0.2, 0.25) is 0 Å². The Morgan fingerprint density at radius 3 is 2.80 bits per heavy atom. The molecule has 1 aromatic carbocycles. The topological polar surface area (TPSA) is 65.7 Å². The van der Waals surface area contributed by atoms with Crippen LogP contribution < -0.4 is 5.32 Å². The molecule has 0 atom stereocenters. The number of carbonyl (C=O) groups is 1. The fourth-order valence-electron chi connectivity index (χ4n) is 1.88. The van der Waals surface area contributed by atoms with Crippen LogP contribution >= 0.6 is 0 Å². The van der Waals surface area contributed by atoms with Gasteiger partial charge in [0.15, 0.2) is 0 Å². The van der Waals surface area contributed by atoms with Gasteiger partial charge in [-0.25, -0.2) is 0 Å². The van der Waals surface area contributed by atoms with Crippen LogP contribution in [0.4, 0.5) is 5.69 Å². The summed E-state index contributed by atoms with van der Waals surface area (Å²) in [5.74, 6) is 0.678. The van der Waals surface area contributed by atoms with Crippen LogP contribution in [0.5, 0.6) is 0 Å². The summed E-state index contributed by atoms with van der Waals surface area (Å²) in [4.78, 5) is 13.8. The number of benzene rings is 1. The highest BCUT2D eigenvalue weighted by molar-refractivity contribution is 5.99. The van der Waals surface area contributed by atoms with E-state index in [2.05, 4.69) is 5.32 Å². The predicted octanol–water partition coefficient (Wildman–Crippen LogP) is 1.96. The van der Waals surface area contributed by atoms with Crippen molar-refractivity contribution in [2.75, 3.05) is 25.5 Å². The highest BCUT2D eigenvalue weighted by Crippen LogP contribution is 2.18. The van der Waals surface area contributed by atoms with E-state index in [1.165, 1.54) is 4.90 Å². The number of aliphatic hydroxyl groups is 1. The smallest absolute Gasteiger partial charge is 0.255 e. The van der Waals surface area contributed by atoms with Crippen LogP contribution in [0.2, 0.25) is 0 Å². The molecular formula is C15H18N2O3. The van der Waals surface area contributed by atoms with E-state index in [1.54, 1.807) is 19.4 Å². The molecule has 2 N–H and O–H groups in total. The summed E-state index contributed by atoms with van der Waals surface area (Å²) in [6, 6.07) is 11.0. The largest absolute Gasteiger partial charge is 0.467 e. The Kier molecular flexibility index (Phi) is 4.79. The molecule has 0 aliphatic carbocycles. The van der Waals surface area contributed by atoms with Gasteiger partial charge < -0.3 is 19.7 Å². The van der Waals surface area contributed by atoms with E-state index in [4.69, 9.17) is 9.52 Å². The summed E-state index contributed by atoms with van der Waals surface area (Å²) in [6.07, 6.45) is 1.61. The molecule has 0 saturated heterocycles. The van der Waals surface area contributed by atoms with E-state index in [1.807, 2.05) is 30.3 Å². The number of anilines is 1. The molecule has 0 bridgehead atoms. The zero-order valence-corrected chi connectivity index (χ0v) is 11.4. The maximum atomic E-state index is 12.3. The van der Waals surface area contributed by atoms with Crippen LogP contribution in [0.25, 0.3) is 0 Å². The molecule has 0 aliphatic heterocycles. The third-order valence-corrected chi connectivity index (χ3v) is 2.97. The van der Waals surface area contributed by atoms with E-state index < -0.39 is 0 Å². The average Bonchev–Trinajstić information content (AvgIpc) is 2.98. The Morgan fingerprint density at radius 2 is 2.10 bits per heavy atom. The summed E-state index contributed by atoms with van der Waals surface area (Å²) < 4.78 is 5.25. The number of amides is 1. The van der Waals surface area contributed by atoms with Gasteiger partial charge in [0.25, 0.3) is 5.91 Å². The van der Waals surface area contributed by atoms with Crippen molar-refractivity contribution in [3.63, 3.8) is 0 Å². The lowest BCUT2D eigenvalue weighted by molar-refractivity contribution is 0.0768. The first kappa shape index (κ1) is 14.1. The maximum absolute atomic E-state index is 12.3. The lowest BCUT2D eigenvalue weighted by Gasteiger charge is -2.18. The number of rotatable bonds is 6. The Hall–Kier alpha value is -2.27. The van der Waals surface area contributed by atoms with Gasteiger partial charge >= 0.3 is 0 Å². The van der Waals surface area contributed by atoms with Gasteiger partial charge in [-0.2, -0.15) is 0 Å². The molecular weight excluding hydrogens is 256 g/mol. The minimum absolute atomic E-state index is 0.0514. The monoisotopic (exact) mass is 274 g/mol. The lowest BCUT2D eigenvalue weighted by atomic mass is 10.1. The van der Waals surface area contributed by atoms with Gasteiger partial charge in [-0.3, -0.25) is 4.79 Å². The number of hydrogen-bond acceptors (Lipinski definition) is 4. The summed E-state index contributed by atoms with van der Waals surface area (Å²) >= 11 is 0. The molecule has 5 heteroatoms. The van der Waals surface area contributed by atoms with Crippen LogP contribution in [0.1, 0.15) is 16.1 Å². The predicted molar refractivity (Wildman–Crippen MR) is 76.5 cm³/mol. The molecule has 1 aromatic heterocycles. The Balaban J connectivity index is 2.11. The zero-order valence-electron chi connectivity index (χ0n) is 11.4. The third kappa shape index (κ3) is 3.39. The van der Waals surface area contributed by atoms with Crippen molar-refractivity contribution in [2.24, 2.45) is 0 Å². The molecule has 2 rings (SSSR count). The molecule has 0 radical (unpaired) electrons. The van der Waals surface area contributed by atoms with Crippen LogP contribution in [-0.4, -0.2) is 36.1 Å². The van der Waals surface area contributed by atoms with Gasteiger partial charge in [0.05, 0.1) is 25.0 Å². The summed E-state index contributed by atoms with van der Waals surface area (Å²) in [7, 11) is 1.67. The number of nitrogens with zero attached hydrogens (tertiary/aromatic N) is 1. The standard InChI is InChI=1S/C15H18N2O3/c1-17(8-9-18)15(19)13-6-2-3-7-14(13)16-11-12-5-4-10-20-12/h2-7,10,16,18H,8-9,11H2,1H3. The lowest BCUT2D eigenvalue weighted by Crippen LogP contribution is -2.30. The molecule has 0 aliphatic rings. The van der Waals surface area contributed by atoms with Crippen LogP contribution in [-0.2, 0) is 6.54 Å². The molecule has 0 spiro atoms. The average molecular weight is 274 g/mol. The summed E-state index contributed by atoms with van der Waals surface area (Å²) in [5.41, 5.74) is 1.33. The number of likely N-dealkylation sites (N-methyl/N-ethyl adjacent to an activating group) is 1. The van der Waals surface area contributed by atoms with Crippen molar-refractivity contribution >= 4 is 11.6 Å². The minimum Gasteiger partial charge on any atom is -0.467 e. The van der Waals surface area contributed by atoms with E-state index in [0.717, 1.165) is 11.4 Å². The number of carbonyl (C=O) groups excluding carboxylic acids is 1. The molecule has 0 fully saturated rings. The Bertz CT molecular complexity index is 552. The van der Waals surface area contributed by atoms with Crippen LogP contribution in [0.3, 0.4) is 0 Å². The van der Waals surface area contributed by atoms with E-state index >= 15 is 0 Å².